The Bertz CT molecular complexity index is 303. The molecule has 0 aliphatic heterocycles. The molecule has 0 bridgehead atoms. The van der Waals surface area contributed by atoms with Crippen LogP contribution in [0.4, 0.5) is 0 Å². The first-order chi connectivity index (χ1) is 7.63. The first kappa shape index (κ1) is 13.7. The summed E-state index contributed by atoms with van der Waals surface area (Å²) in [7, 11) is 5.87. The van der Waals surface area contributed by atoms with Crippen molar-refractivity contribution in [2.45, 2.75) is 11.2 Å². The summed E-state index contributed by atoms with van der Waals surface area (Å²) in [5.41, 5.74) is 0. The fraction of sp³-hybridized carbons (Fsp3) is 0.727. The summed E-state index contributed by atoms with van der Waals surface area (Å²) >= 11 is 3.58. The minimum Gasteiger partial charge on any atom is -0.383 e. The average molecular weight is 290 g/mol. The third-order valence-corrected chi connectivity index (χ3v) is 3.05. The molecule has 5 heteroatoms. The third-order valence-electron chi connectivity index (χ3n) is 2.50. The molecule has 0 radical (unpaired) electrons. The molecule has 0 aliphatic rings. The van der Waals surface area contributed by atoms with Crippen molar-refractivity contribution >= 4 is 15.9 Å². The fourth-order valence-corrected chi connectivity index (χ4v) is 2.35. The number of likely N-dealkylation sites (N-methyl/N-ethyl adjacent to an activating group) is 1. The van der Waals surface area contributed by atoms with E-state index in [1.807, 2.05) is 19.4 Å². The zero-order valence-electron chi connectivity index (χ0n) is 10.2. The molecule has 16 heavy (non-hydrogen) atoms. The quantitative estimate of drug-likeness (QED) is 0.709. The van der Waals surface area contributed by atoms with Crippen LogP contribution in [0.3, 0.4) is 0 Å². The number of nitrogens with zero attached hydrogens (tertiary/aromatic N) is 3. The van der Waals surface area contributed by atoms with E-state index in [0.29, 0.717) is 4.83 Å². The summed E-state index contributed by atoms with van der Waals surface area (Å²) in [6.45, 7) is 2.74. The first-order valence-corrected chi connectivity index (χ1v) is 6.32. The Morgan fingerprint density at radius 1 is 1.62 bits per heavy atom. The zero-order valence-corrected chi connectivity index (χ0v) is 11.8. The van der Waals surface area contributed by atoms with Gasteiger partial charge in [0.15, 0.2) is 0 Å². The maximum atomic E-state index is 5.08. The van der Waals surface area contributed by atoms with Crippen LogP contribution >= 0.6 is 15.9 Å². The minimum absolute atomic E-state index is 0.392. The van der Waals surface area contributed by atoms with Crippen LogP contribution in [-0.4, -0.2) is 53.1 Å². The van der Waals surface area contributed by atoms with Crippen molar-refractivity contribution in [2.75, 3.05) is 33.9 Å². The highest BCUT2D eigenvalue weighted by Gasteiger charge is 2.08. The largest absolute Gasteiger partial charge is 0.383 e. The van der Waals surface area contributed by atoms with Gasteiger partial charge in [0.05, 0.1) is 11.4 Å². The molecular weight excluding hydrogens is 270 g/mol. The van der Waals surface area contributed by atoms with E-state index in [0.717, 1.165) is 31.9 Å². The highest BCUT2D eigenvalue weighted by molar-refractivity contribution is 9.09. The normalized spacial score (nSPS) is 13.3. The summed E-state index contributed by atoms with van der Waals surface area (Å²) in [5, 5.41) is 0. The number of methoxy groups -OCH3 is 1. The van der Waals surface area contributed by atoms with Crippen molar-refractivity contribution in [2.24, 2.45) is 7.05 Å². The monoisotopic (exact) mass is 289 g/mol. The van der Waals surface area contributed by atoms with Crippen LogP contribution in [0.2, 0.25) is 0 Å². The Hall–Kier alpha value is -0.390. The Morgan fingerprint density at radius 3 is 2.94 bits per heavy atom. The zero-order chi connectivity index (χ0) is 12.0. The summed E-state index contributed by atoms with van der Waals surface area (Å²) < 4.78 is 7.15. The molecular formula is C11H20BrN3O. The molecule has 0 spiro atoms. The summed E-state index contributed by atoms with van der Waals surface area (Å²) in [6.07, 6.45) is 4.80. The molecule has 0 fully saturated rings. The van der Waals surface area contributed by atoms with Gasteiger partial charge in [0.2, 0.25) is 0 Å². The summed E-state index contributed by atoms with van der Waals surface area (Å²) in [6, 6.07) is 0. The van der Waals surface area contributed by atoms with Crippen molar-refractivity contribution in [1.29, 1.82) is 0 Å². The molecule has 1 aromatic heterocycles. The Morgan fingerprint density at radius 2 is 2.38 bits per heavy atom. The van der Waals surface area contributed by atoms with Gasteiger partial charge in [-0.2, -0.15) is 0 Å². The molecule has 4 nitrogen and oxygen atoms in total. The number of hydrogen-bond acceptors (Lipinski definition) is 3. The fourth-order valence-electron chi connectivity index (χ4n) is 1.59. The minimum atomic E-state index is 0.392. The van der Waals surface area contributed by atoms with Gasteiger partial charge in [0.25, 0.3) is 0 Å². The van der Waals surface area contributed by atoms with Crippen LogP contribution in [0.1, 0.15) is 5.82 Å². The van der Waals surface area contributed by atoms with Gasteiger partial charge in [-0.15, -0.1) is 0 Å². The van der Waals surface area contributed by atoms with Crippen LogP contribution in [-0.2, 0) is 18.2 Å². The first-order valence-electron chi connectivity index (χ1n) is 5.41. The van der Waals surface area contributed by atoms with Gasteiger partial charge < -0.3 is 14.2 Å². The van der Waals surface area contributed by atoms with Gasteiger partial charge in [-0.25, -0.2) is 4.98 Å². The van der Waals surface area contributed by atoms with E-state index < -0.39 is 0 Å². The lowest BCUT2D eigenvalue weighted by Crippen LogP contribution is -2.30. The van der Waals surface area contributed by atoms with Gasteiger partial charge in [0, 0.05) is 46.1 Å². The van der Waals surface area contributed by atoms with Gasteiger partial charge >= 0.3 is 0 Å². The maximum absolute atomic E-state index is 5.08. The topological polar surface area (TPSA) is 30.3 Å². The van der Waals surface area contributed by atoms with Crippen molar-refractivity contribution in [1.82, 2.24) is 14.5 Å². The molecule has 92 valence electrons. The number of halogens is 1. The SMILES string of the molecule is COCC(Br)CN(C)CCc1nccn1C. The number of aromatic nitrogens is 2. The molecule has 1 rings (SSSR count). The molecule has 0 N–H and O–H groups in total. The van der Waals surface area contributed by atoms with Gasteiger partial charge in [0.1, 0.15) is 5.82 Å². The number of rotatable bonds is 7. The molecule has 0 aliphatic carbocycles. The second kappa shape index (κ2) is 7.04. The van der Waals surface area contributed by atoms with Crippen molar-refractivity contribution in [3.8, 4) is 0 Å². The van der Waals surface area contributed by atoms with E-state index in [2.05, 4.69) is 37.4 Å². The van der Waals surface area contributed by atoms with Crippen LogP contribution in [0.25, 0.3) is 0 Å². The summed E-state index contributed by atoms with van der Waals surface area (Å²) in [5.74, 6) is 1.13. The van der Waals surface area contributed by atoms with Crippen molar-refractivity contribution < 1.29 is 4.74 Å². The van der Waals surface area contributed by atoms with Crippen molar-refractivity contribution in [3.05, 3.63) is 18.2 Å². The highest BCUT2D eigenvalue weighted by Crippen LogP contribution is 2.03. The molecule has 1 aromatic rings. The third kappa shape index (κ3) is 4.63. The average Bonchev–Trinajstić information content (AvgIpc) is 2.61. The molecule has 0 amide bonds. The standard InChI is InChI=1S/C11H20BrN3O/c1-14(8-10(12)9-16-3)6-4-11-13-5-7-15(11)2/h5,7,10H,4,6,8-9H2,1-3H3. The predicted octanol–water partition coefficient (Wildman–Crippen LogP) is 1.30. The van der Waals surface area contributed by atoms with E-state index >= 15 is 0 Å². The predicted molar refractivity (Wildman–Crippen MR) is 69.0 cm³/mol. The molecule has 1 unspecified atom stereocenters. The van der Waals surface area contributed by atoms with E-state index in [4.69, 9.17) is 4.74 Å². The Balaban J connectivity index is 2.25. The number of aryl methyl sites for hydroxylation is 1. The van der Waals surface area contributed by atoms with Gasteiger partial charge in [-0.1, -0.05) is 15.9 Å². The van der Waals surface area contributed by atoms with Crippen LogP contribution in [0, 0.1) is 0 Å². The number of ether oxygens (including phenoxy) is 1. The smallest absolute Gasteiger partial charge is 0.109 e. The van der Waals surface area contributed by atoms with Crippen LogP contribution in [0.15, 0.2) is 12.4 Å². The second-order valence-electron chi connectivity index (χ2n) is 4.02. The molecule has 1 atom stereocenters. The number of imidazole rings is 1. The molecule has 0 saturated carbocycles. The lowest BCUT2D eigenvalue weighted by molar-refractivity contribution is 0.186. The Labute approximate surface area is 106 Å². The second-order valence-corrected chi connectivity index (χ2v) is 5.31. The van der Waals surface area contributed by atoms with E-state index in [1.165, 1.54) is 0 Å². The van der Waals surface area contributed by atoms with Crippen molar-refractivity contribution in [3.63, 3.8) is 0 Å². The molecule has 1 heterocycles. The highest BCUT2D eigenvalue weighted by atomic mass is 79.9. The maximum Gasteiger partial charge on any atom is 0.109 e. The van der Waals surface area contributed by atoms with Crippen LogP contribution < -0.4 is 0 Å². The van der Waals surface area contributed by atoms with E-state index in [9.17, 15) is 0 Å². The molecule has 0 saturated heterocycles. The number of hydrogen-bond donors (Lipinski definition) is 0. The van der Waals surface area contributed by atoms with E-state index in [-0.39, 0.29) is 0 Å². The lowest BCUT2D eigenvalue weighted by atomic mass is 10.3. The molecule has 0 aromatic carbocycles. The van der Waals surface area contributed by atoms with E-state index in [1.54, 1.807) is 7.11 Å². The van der Waals surface area contributed by atoms with Gasteiger partial charge in [-0.3, -0.25) is 0 Å². The van der Waals surface area contributed by atoms with Gasteiger partial charge in [-0.05, 0) is 7.05 Å². The lowest BCUT2D eigenvalue weighted by Gasteiger charge is -2.19. The van der Waals surface area contributed by atoms with Crippen LogP contribution in [0.5, 0.6) is 0 Å². The Kier molecular flexibility index (Phi) is 6.01. The number of alkyl halides is 1. The summed E-state index contributed by atoms with van der Waals surface area (Å²) in [4.78, 5) is 6.98.